The highest BCUT2D eigenvalue weighted by atomic mass is 35.5. The number of amides is 1. The summed E-state index contributed by atoms with van der Waals surface area (Å²) in [5.41, 5.74) is 9.28. The van der Waals surface area contributed by atoms with Gasteiger partial charge in [0.2, 0.25) is 0 Å². The largest absolute Gasteiger partial charge is 0.396 e. The fraction of sp³-hybridized carbons (Fsp3) is 0.462. The molecule has 1 aromatic rings. The molecule has 0 spiro atoms. The molecule has 1 heterocycles. The van der Waals surface area contributed by atoms with Gasteiger partial charge in [-0.15, -0.1) is 0 Å². The summed E-state index contributed by atoms with van der Waals surface area (Å²) in [5, 5.41) is 4.35. The number of H-pyrrole nitrogens is 1. The number of pyridine rings is 1. The van der Waals surface area contributed by atoms with Crippen molar-refractivity contribution >= 4 is 52.1 Å². The highest BCUT2D eigenvalue weighted by Crippen LogP contribution is 2.31. The summed E-state index contributed by atoms with van der Waals surface area (Å²) in [6, 6.07) is 0. The van der Waals surface area contributed by atoms with Gasteiger partial charge < -0.3 is 5.73 Å². The molecule has 0 unspecified atom stereocenters. The summed E-state index contributed by atoms with van der Waals surface area (Å²) < 4.78 is 0. The first-order valence-corrected chi connectivity index (χ1v) is 7.85. The second-order valence-corrected chi connectivity index (χ2v) is 6.02. The lowest BCUT2D eigenvalue weighted by atomic mass is 10.2. The van der Waals surface area contributed by atoms with Gasteiger partial charge in [0, 0.05) is 5.71 Å². The van der Waals surface area contributed by atoms with Crippen LogP contribution in [0.5, 0.6) is 0 Å². The Balaban J connectivity index is 2.15. The zero-order valence-electron chi connectivity index (χ0n) is 11.3. The molecule has 0 bridgehead atoms. The number of nitrogens with one attached hydrogen (secondary N) is 2. The molecule has 1 aliphatic carbocycles. The van der Waals surface area contributed by atoms with Crippen LogP contribution >= 0.6 is 34.8 Å². The lowest BCUT2D eigenvalue weighted by Crippen LogP contribution is -2.29. The summed E-state index contributed by atoms with van der Waals surface area (Å²) in [7, 11) is 0. The molecule has 0 aromatic carbocycles. The van der Waals surface area contributed by atoms with Gasteiger partial charge in [0.25, 0.3) is 10.8 Å². The van der Waals surface area contributed by atoms with Gasteiger partial charge in [0.1, 0.15) is 10.0 Å². The molecular formula is C13H16Cl3N4O+. The number of carbonyl (C=O) groups is 1. The van der Waals surface area contributed by atoms with Crippen LogP contribution in [0.3, 0.4) is 0 Å². The number of aromatic amines is 1. The molecule has 0 saturated heterocycles. The van der Waals surface area contributed by atoms with E-state index in [9.17, 15) is 4.79 Å². The maximum Gasteiger partial charge on any atom is 0.337 e. The molecule has 5 nitrogen and oxygen atoms in total. The Hall–Kier alpha value is -1.04. The standard InChI is InChI=1S/C13H15Cl3N4O/c14-8-10(17)9(15)12(16)18-11(8)13(21)20-19-7-5-3-1-2-4-6-7/h1-6H2,(H2,17,18)(H,20,21)/p+1. The molecule has 0 aliphatic heterocycles. The minimum Gasteiger partial charge on any atom is -0.396 e. The first-order valence-electron chi connectivity index (χ1n) is 6.71. The first-order chi connectivity index (χ1) is 10.0. The van der Waals surface area contributed by atoms with Crippen molar-refractivity contribution in [3.05, 3.63) is 20.9 Å². The average Bonchev–Trinajstić information content (AvgIpc) is 2.75. The molecule has 114 valence electrons. The molecule has 21 heavy (non-hydrogen) atoms. The van der Waals surface area contributed by atoms with Crippen molar-refractivity contribution in [1.82, 2.24) is 5.43 Å². The highest BCUT2D eigenvalue weighted by Gasteiger charge is 2.26. The summed E-state index contributed by atoms with van der Waals surface area (Å²) in [5.74, 6) is -0.498. The van der Waals surface area contributed by atoms with E-state index in [2.05, 4.69) is 15.5 Å². The third kappa shape index (κ3) is 3.99. The van der Waals surface area contributed by atoms with Gasteiger partial charge in [-0.1, -0.05) is 36.0 Å². The highest BCUT2D eigenvalue weighted by molar-refractivity contribution is 6.45. The number of carbonyl (C=O) groups excluding carboxylic acids is 1. The number of hydrogen-bond donors (Lipinski definition) is 2. The Morgan fingerprint density at radius 2 is 1.71 bits per heavy atom. The van der Waals surface area contributed by atoms with Gasteiger partial charge in [-0.05, 0) is 37.3 Å². The van der Waals surface area contributed by atoms with Crippen molar-refractivity contribution < 1.29 is 9.78 Å². The van der Waals surface area contributed by atoms with E-state index in [4.69, 9.17) is 40.5 Å². The Kier molecular flexibility index (Phi) is 5.67. The number of nitrogens with two attached hydrogens (primary N) is 1. The summed E-state index contributed by atoms with van der Waals surface area (Å²) in [4.78, 5) is 14.7. The van der Waals surface area contributed by atoms with Crippen molar-refractivity contribution in [2.24, 2.45) is 5.10 Å². The molecule has 4 N–H and O–H groups in total. The molecule has 1 saturated carbocycles. The van der Waals surface area contributed by atoms with Gasteiger partial charge in [0.15, 0.2) is 0 Å². The summed E-state index contributed by atoms with van der Waals surface area (Å²) in [6.07, 6.45) is 6.41. The average molecular weight is 351 g/mol. The Morgan fingerprint density at radius 3 is 2.33 bits per heavy atom. The van der Waals surface area contributed by atoms with Crippen LogP contribution in [-0.4, -0.2) is 11.6 Å². The molecule has 8 heteroatoms. The van der Waals surface area contributed by atoms with Crippen LogP contribution in [0, 0.1) is 0 Å². The molecule has 1 fully saturated rings. The molecular weight excluding hydrogens is 335 g/mol. The van der Waals surface area contributed by atoms with Crippen LogP contribution in [-0.2, 0) is 0 Å². The fourth-order valence-corrected chi connectivity index (χ4v) is 2.77. The van der Waals surface area contributed by atoms with Gasteiger partial charge in [-0.2, -0.15) is 10.1 Å². The monoisotopic (exact) mass is 349 g/mol. The van der Waals surface area contributed by atoms with Gasteiger partial charge >= 0.3 is 5.91 Å². The number of anilines is 1. The third-order valence-electron chi connectivity index (χ3n) is 3.34. The number of rotatable bonds is 2. The number of hydrazone groups is 1. The SMILES string of the molecule is Nc1c(Cl)c(Cl)[nH+]c(C(=O)NN=C2CCCCCC2)c1Cl. The number of halogens is 3. The molecule has 1 aliphatic rings. The molecule has 1 aromatic heterocycles. The molecule has 0 atom stereocenters. The number of nitrogen functional groups attached to an aromatic ring is 1. The Labute approximate surface area is 137 Å². The van der Waals surface area contributed by atoms with Crippen molar-refractivity contribution in [2.45, 2.75) is 38.5 Å². The van der Waals surface area contributed by atoms with E-state index in [1.165, 1.54) is 12.8 Å². The van der Waals surface area contributed by atoms with Crippen LogP contribution in [0.15, 0.2) is 5.10 Å². The van der Waals surface area contributed by atoms with Crippen LogP contribution < -0.4 is 16.1 Å². The minimum atomic E-state index is -0.498. The van der Waals surface area contributed by atoms with E-state index < -0.39 is 5.91 Å². The molecule has 1 amide bonds. The van der Waals surface area contributed by atoms with Crippen LogP contribution in [0.25, 0.3) is 0 Å². The normalized spacial score (nSPS) is 15.5. The van der Waals surface area contributed by atoms with Crippen LogP contribution in [0.4, 0.5) is 5.69 Å². The van der Waals surface area contributed by atoms with E-state index in [1.807, 2.05) is 0 Å². The van der Waals surface area contributed by atoms with Gasteiger partial charge in [-0.25, -0.2) is 5.43 Å². The van der Waals surface area contributed by atoms with E-state index in [1.54, 1.807) is 0 Å². The minimum absolute atomic E-state index is 0.0305. The summed E-state index contributed by atoms with van der Waals surface area (Å²) in [6.45, 7) is 0. The topological polar surface area (TPSA) is 81.6 Å². The zero-order chi connectivity index (χ0) is 15.4. The second-order valence-electron chi connectivity index (χ2n) is 4.89. The maximum atomic E-state index is 12.1. The number of hydrogen-bond acceptors (Lipinski definition) is 3. The van der Waals surface area contributed by atoms with E-state index in [0.717, 1.165) is 31.4 Å². The maximum absolute atomic E-state index is 12.1. The predicted molar refractivity (Wildman–Crippen MR) is 85.0 cm³/mol. The van der Waals surface area contributed by atoms with Crippen molar-refractivity contribution in [2.75, 3.05) is 5.73 Å². The summed E-state index contributed by atoms with van der Waals surface area (Å²) >= 11 is 17.7. The first kappa shape index (κ1) is 16.3. The smallest absolute Gasteiger partial charge is 0.337 e. The lowest BCUT2D eigenvalue weighted by Gasteiger charge is -2.04. The molecule has 2 rings (SSSR count). The zero-order valence-corrected chi connectivity index (χ0v) is 13.6. The van der Waals surface area contributed by atoms with Crippen LogP contribution in [0.1, 0.15) is 49.0 Å². The number of aromatic nitrogens is 1. The van der Waals surface area contributed by atoms with Crippen LogP contribution in [0.2, 0.25) is 15.2 Å². The van der Waals surface area contributed by atoms with Gasteiger partial charge in [-0.3, -0.25) is 4.79 Å². The molecule has 0 radical (unpaired) electrons. The third-order valence-corrected chi connectivity index (χ3v) is 4.51. The van der Waals surface area contributed by atoms with E-state index in [-0.39, 0.29) is 26.6 Å². The van der Waals surface area contributed by atoms with Gasteiger partial charge in [0.05, 0.1) is 5.69 Å². The number of nitrogens with zero attached hydrogens (tertiary/aromatic N) is 1. The van der Waals surface area contributed by atoms with Crippen molar-refractivity contribution in [1.29, 1.82) is 0 Å². The fourth-order valence-electron chi connectivity index (χ4n) is 2.16. The quantitative estimate of drug-likeness (QED) is 0.486. The Morgan fingerprint density at radius 1 is 1.10 bits per heavy atom. The van der Waals surface area contributed by atoms with E-state index >= 15 is 0 Å². The second kappa shape index (κ2) is 7.29. The van der Waals surface area contributed by atoms with Crippen molar-refractivity contribution in [3.8, 4) is 0 Å². The lowest BCUT2D eigenvalue weighted by molar-refractivity contribution is -0.379. The van der Waals surface area contributed by atoms with Crippen molar-refractivity contribution in [3.63, 3.8) is 0 Å². The van der Waals surface area contributed by atoms with E-state index in [0.29, 0.717) is 0 Å². The Bertz CT molecular complexity index is 579. The predicted octanol–water partition coefficient (Wildman–Crippen LogP) is 3.48.